The molecule has 0 aliphatic heterocycles. The molecule has 0 rings (SSSR count). The maximum absolute atomic E-state index is 12.1. The van der Waals surface area contributed by atoms with E-state index in [2.05, 4.69) is 10.1 Å². The fourth-order valence-electron chi connectivity index (χ4n) is 1.34. The molecular weight excluding hydrogens is 296 g/mol. The van der Waals surface area contributed by atoms with Gasteiger partial charge in [-0.25, -0.2) is 0 Å². The van der Waals surface area contributed by atoms with E-state index in [0.29, 0.717) is 0 Å². The number of carboxylic acids is 1. The summed E-state index contributed by atoms with van der Waals surface area (Å²) in [5, 5.41) is 11.3. The average Bonchev–Trinajstić information content (AvgIpc) is 2.24. The SMILES string of the molecule is CNC(C)(CCCOC(C(F)(F)F)C(F)(F)F)C(=O)O. The predicted octanol–water partition coefficient (Wildman–Crippen LogP) is 2.34. The number of carboxylic acid groups (broad SMARTS) is 1. The van der Waals surface area contributed by atoms with Gasteiger partial charge in [-0.15, -0.1) is 0 Å². The highest BCUT2D eigenvalue weighted by Crippen LogP contribution is 2.35. The van der Waals surface area contributed by atoms with E-state index in [9.17, 15) is 31.1 Å². The molecule has 1 atom stereocenters. The van der Waals surface area contributed by atoms with Crippen molar-refractivity contribution in [2.75, 3.05) is 13.7 Å². The first-order valence-corrected chi connectivity index (χ1v) is 5.52. The molecule has 1 unspecified atom stereocenters. The Balaban J connectivity index is 4.45. The van der Waals surface area contributed by atoms with E-state index in [4.69, 9.17) is 5.11 Å². The largest absolute Gasteiger partial charge is 0.480 e. The lowest BCUT2D eigenvalue weighted by Gasteiger charge is -2.26. The molecule has 0 fully saturated rings. The van der Waals surface area contributed by atoms with Gasteiger partial charge in [-0.2, -0.15) is 26.3 Å². The van der Waals surface area contributed by atoms with E-state index in [0.717, 1.165) is 0 Å². The highest BCUT2D eigenvalue weighted by atomic mass is 19.4. The van der Waals surface area contributed by atoms with Gasteiger partial charge in [0.05, 0.1) is 0 Å². The molecule has 0 heterocycles. The van der Waals surface area contributed by atoms with E-state index in [-0.39, 0.29) is 12.8 Å². The van der Waals surface area contributed by atoms with Gasteiger partial charge in [0, 0.05) is 6.61 Å². The minimum absolute atomic E-state index is 0.179. The van der Waals surface area contributed by atoms with Crippen molar-refractivity contribution >= 4 is 5.97 Å². The van der Waals surface area contributed by atoms with Crippen LogP contribution in [0.2, 0.25) is 0 Å². The van der Waals surface area contributed by atoms with Gasteiger partial charge in [0.1, 0.15) is 5.54 Å². The average molecular weight is 311 g/mol. The fourth-order valence-corrected chi connectivity index (χ4v) is 1.34. The Morgan fingerprint density at radius 2 is 1.65 bits per heavy atom. The van der Waals surface area contributed by atoms with Crippen molar-refractivity contribution in [2.24, 2.45) is 0 Å². The number of alkyl halides is 6. The molecule has 120 valence electrons. The first-order chi connectivity index (χ1) is 8.84. The number of rotatable bonds is 7. The number of carbonyl (C=O) groups is 1. The molecular formula is C10H15F6NO3. The van der Waals surface area contributed by atoms with Crippen LogP contribution in [-0.2, 0) is 9.53 Å². The van der Waals surface area contributed by atoms with Crippen LogP contribution in [0.25, 0.3) is 0 Å². The minimum atomic E-state index is -5.56. The van der Waals surface area contributed by atoms with Crippen LogP contribution >= 0.6 is 0 Å². The summed E-state index contributed by atoms with van der Waals surface area (Å²) in [6, 6.07) is 0. The topological polar surface area (TPSA) is 58.6 Å². The van der Waals surface area contributed by atoms with E-state index < -0.39 is 36.6 Å². The first-order valence-electron chi connectivity index (χ1n) is 5.52. The van der Waals surface area contributed by atoms with Crippen LogP contribution in [0.5, 0.6) is 0 Å². The van der Waals surface area contributed by atoms with Crippen LogP contribution in [0.3, 0.4) is 0 Å². The predicted molar refractivity (Wildman–Crippen MR) is 56.2 cm³/mol. The van der Waals surface area contributed by atoms with E-state index in [1.54, 1.807) is 0 Å². The Labute approximate surface area is 111 Å². The van der Waals surface area contributed by atoms with Crippen molar-refractivity contribution in [3.8, 4) is 0 Å². The molecule has 0 radical (unpaired) electrons. The molecule has 4 nitrogen and oxygen atoms in total. The molecule has 10 heteroatoms. The molecule has 2 N–H and O–H groups in total. The third-order valence-corrected chi connectivity index (χ3v) is 2.72. The third-order valence-electron chi connectivity index (χ3n) is 2.72. The number of halogens is 6. The van der Waals surface area contributed by atoms with E-state index in [1.807, 2.05) is 0 Å². The highest BCUT2D eigenvalue weighted by molar-refractivity contribution is 5.78. The summed E-state index contributed by atoms with van der Waals surface area (Å²) in [7, 11) is 1.32. The molecule has 0 aromatic rings. The number of nitrogens with one attached hydrogen (secondary N) is 1. The van der Waals surface area contributed by atoms with Crippen LogP contribution in [0.4, 0.5) is 26.3 Å². The van der Waals surface area contributed by atoms with Gasteiger partial charge < -0.3 is 15.2 Å². The zero-order valence-corrected chi connectivity index (χ0v) is 10.7. The van der Waals surface area contributed by atoms with Crippen molar-refractivity contribution < 1.29 is 41.0 Å². The van der Waals surface area contributed by atoms with Crippen LogP contribution in [0.15, 0.2) is 0 Å². The Hall–Kier alpha value is -1.03. The number of hydrogen-bond acceptors (Lipinski definition) is 3. The van der Waals surface area contributed by atoms with E-state index >= 15 is 0 Å². The van der Waals surface area contributed by atoms with Crippen molar-refractivity contribution in [3.05, 3.63) is 0 Å². The molecule has 0 saturated heterocycles. The monoisotopic (exact) mass is 311 g/mol. The molecule has 0 saturated carbocycles. The van der Waals surface area contributed by atoms with Gasteiger partial charge in [0.2, 0.25) is 6.10 Å². The summed E-state index contributed by atoms with van der Waals surface area (Å²) in [5.74, 6) is -1.26. The maximum atomic E-state index is 12.1. The molecule has 0 aliphatic carbocycles. The molecule has 0 aromatic heterocycles. The Kier molecular flexibility index (Phi) is 6.27. The van der Waals surface area contributed by atoms with Gasteiger partial charge in [0.15, 0.2) is 0 Å². The van der Waals surface area contributed by atoms with Crippen LogP contribution in [-0.4, -0.2) is 48.7 Å². The first kappa shape index (κ1) is 19.0. The number of ether oxygens (including phenoxy) is 1. The molecule has 20 heavy (non-hydrogen) atoms. The standard InChI is InChI=1S/C10H15F6NO3/c1-8(17-2,7(18)19)4-3-5-20-6(9(11,12)13)10(14,15)16/h6,17H,3-5H2,1-2H3,(H,18,19). The lowest BCUT2D eigenvalue weighted by atomic mass is 9.96. The Morgan fingerprint density at radius 3 is 1.95 bits per heavy atom. The summed E-state index contributed by atoms with van der Waals surface area (Å²) >= 11 is 0. The van der Waals surface area contributed by atoms with Crippen LogP contribution < -0.4 is 5.32 Å². The summed E-state index contributed by atoms with van der Waals surface area (Å²) in [6.45, 7) is 0.411. The molecule has 0 amide bonds. The minimum Gasteiger partial charge on any atom is -0.480 e. The van der Waals surface area contributed by atoms with Gasteiger partial charge >= 0.3 is 18.3 Å². The van der Waals surface area contributed by atoms with E-state index in [1.165, 1.54) is 14.0 Å². The van der Waals surface area contributed by atoms with Gasteiger partial charge in [-0.3, -0.25) is 4.79 Å². The summed E-state index contributed by atoms with van der Waals surface area (Å²) in [6.07, 6.45) is -15.4. The summed E-state index contributed by atoms with van der Waals surface area (Å²) < 4.78 is 76.5. The third kappa shape index (κ3) is 5.53. The molecule has 0 bridgehead atoms. The van der Waals surface area contributed by atoms with Crippen molar-refractivity contribution in [2.45, 2.75) is 43.8 Å². The second kappa shape index (κ2) is 6.61. The highest BCUT2D eigenvalue weighted by Gasteiger charge is 2.57. The van der Waals surface area contributed by atoms with Crippen LogP contribution in [0, 0.1) is 0 Å². The van der Waals surface area contributed by atoms with Crippen LogP contribution in [0.1, 0.15) is 19.8 Å². The lowest BCUT2D eigenvalue weighted by Crippen LogP contribution is -2.48. The zero-order chi connectivity index (χ0) is 16.2. The molecule has 0 aliphatic rings. The van der Waals surface area contributed by atoms with Gasteiger partial charge in [0.25, 0.3) is 0 Å². The Morgan fingerprint density at radius 1 is 1.20 bits per heavy atom. The second-order valence-electron chi connectivity index (χ2n) is 4.32. The van der Waals surface area contributed by atoms with Gasteiger partial charge in [-0.05, 0) is 26.8 Å². The van der Waals surface area contributed by atoms with Gasteiger partial charge in [-0.1, -0.05) is 0 Å². The molecule has 0 aromatic carbocycles. The smallest absolute Gasteiger partial charge is 0.423 e. The Bertz CT molecular complexity index is 316. The number of likely N-dealkylation sites (N-methyl/N-ethyl adjacent to an activating group) is 1. The van der Waals surface area contributed by atoms with Crippen molar-refractivity contribution in [1.82, 2.24) is 5.32 Å². The summed E-state index contributed by atoms with van der Waals surface area (Å²) in [5.41, 5.74) is -1.44. The van der Waals surface area contributed by atoms with Crippen molar-refractivity contribution in [1.29, 1.82) is 0 Å². The number of hydrogen-bond donors (Lipinski definition) is 2. The molecule has 0 spiro atoms. The number of aliphatic carboxylic acids is 1. The quantitative estimate of drug-likeness (QED) is 0.560. The fraction of sp³-hybridized carbons (Fsp3) is 0.900. The van der Waals surface area contributed by atoms with Crippen molar-refractivity contribution in [3.63, 3.8) is 0 Å². The summed E-state index contributed by atoms with van der Waals surface area (Å²) in [4.78, 5) is 10.8. The second-order valence-corrected chi connectivity index (χ2v) is 4.32. The zero-order valence-electron chi connectivity index (χ0n) is 10.7. The maximum Gasteiger partial charge on any atom is 0.423 e. The lowest BCUT2D eigenvalue weighted by molar-refractivity contribution is -0.321. The normalized spacial score (nSPS) is 16.2.